The van der Waals surface area contributed by atoms with Crippen molar-refractivity contribution in [2.24, 2.45) is 5.92 Å². The first-order chi connectivity index (χ1) is 15.3. The number of nitrogens with zero attached hydrogens (tertiary/aromatic N) is 10. The molecule has 5 rings (SSSR count). The van der Waals surface area contributed by atoms with Crippen molar-refractivity contribution < 1.29 is 4.79 Å². The Morgan fingerprint density at radius 1 is 0.968 bits per heavy atom. The van der Waals surface area contributed by atoms with E-state index in [1.165, 1.54) is 30.0 Å². The molecule has 12 nitrogen and oxygen atoms in total. The Hall–Kier alpha value is -4.22. The van der Waals surface area contributed by atoms with E-state index in [0.717, 1.165) is 31.0 Å². The van der Waals surface area contributed by atoms with Gasteiger partial charge < -0.3 is 10.2 Å². The van der Waals surface area contributed by atoms with E-state index in [0.29, 0.717) is 18.2 Å². The zero-order valence-corrected chi connectivity index (χ0v) is 16.5. The fourth-order valence-electron chi connectivity index (χ4n) is 3.54. The van der Waals surface area contributed by atoms with E-state index in [4.69, 9.17) is 0 Å². The standard InChI is InChI=1S/C19H19N11O/c31-19(27-15-6-18(25-10-22-15)30-13-21-9-26-30)14-2-1-4-28(8-14)16-7-17(24-11-23-16)29-5-3-20-12-29/h3,5-7,9-14H,1-2,4,8H2,(H,22,25,27,31)/t14-/m1/s1. The number of anilines is 2. The fraction of sp³-hybridized carbons (Fsp3) is 0.263. The molecule has 1 amide bonds. The molecule has 5 heterocycles. The topological polar surface area (TPSA) is 132 Å². The van der Waals surface area contributed by atoms with Gasteiger partial charge >= 0.3 is 0 Å². The van der Waals surface area contributed by atoms with Gasteiger partial charge in [-0.05, 0) is 12.8 Å². The zero-order valence-electron chi connectivity index (χ0n) is 16.5. The third-order valence-electron chi connectivity index (χ3n) is 5.08. The van der Waals surface area contributed by atoms with Gasteiger partial charge in [0.15, 0.2) is 5.82 Å². The van der Waals surface area contributed by atoms with E-state index in [9.17, 15) is 4.79 Å². The smallest absolute Gasteiger partial charge is 0.230 e. The molecule has 1 aliphatic rings. The molecule has 31 heavy (non-hydrogen) atoms. The van der Waals surface area contributed by atoms with Crippen LogP contribution in [0.25, 0.3) is 11.6 Å². The van der Waals surface area contributed by atoms with Gasteiger partial charge in [-0.15, -0.1) is 0 Å². The summed E-state index contributed by atoms with van der Waals surface area (Å²) in [5, 5.41) is 6.94. The molecule has 1 aliphatic heterocycles. The number of amides is 1. The molecule has 156 valence electrons. The lowest BCUT2D eigenvalue weighted by molar-refractivity contribution is -0.120. The molecule has 1 atom stereocenters. The van der Waals surface area contributed by atoms with Gasteiger partial charge in [-0.25, -0.2) is 34.6 Å². The SMILES string of the molecule is O=C(Nc1cc(-n2cncn2)ncn1)[C@@H]1CCCN(c2cc(-n3ccnc3)ncn2)C1. The number of nitrogens with one attached hydrogen (secondary N) is 1. The van der Waals surface area contributed by atoms with Crippen molar-refractivity contribution in [3.63, 3.8) is 0 Å². The summed E-state index contributed by atoms with van der Waals surface area (Å²) < 4.78 is 3.33. The molecule has 0 spiro atoms. The first-order valence-electron chi connectivity index (χ1n) is 9.79. The molecule has 0 bridgehead atoms. The van der Waals surface area contributed by atoms with Gasteiger partial charge in [0.25, 0.3) is 0 Å². The van der Waals surface area contributed by atoms with Crippen LogP contribution < -0.4 is 10.2 Å². The quantitative estimate of drug-likeness (QED) is 0.502. The summed E-state index contributed by atoms with van der Waals surface area (Å²) in [6.45, 7) is 1.39. The Balaban J connectivity index is 1.28. The maximum atomic E-state index is 12.9. The minimum Gasteiger partial charge on any atom is -0.356 e. The van der Waals surface area contributed by atoms with Crippen LogP contribution in [0.15, 0.2) is 56.2 Å². The van der Waals surface area contributed by atoms with Crippen molar-refractivity contribution >= 4 is 17.5 Å². The van der Waals surface area contributed by atoms with E-state index in [2.05, 4.69) is 45.2 Å². The highest BCUT2D eigenvalue weighted by molar-refractivity contribution is 5.92. The average molecular weight is 417 g/mol. The van der Waals surface area contributed by atoms with Crippen LogP contribution in [0, 0.1) is 5.92 Å². The molecule has 1 fully saturated rings. The minimum absolute atomic E-state index is 0.0863. The summed E-state index contributed by atoms with van der Waals surface area (Å²) in [7, 11) is 0. The Morgan fingerprint density at radius 2 is 1.84 bits per heavy atom. The predicted octanol–water partition coefficient (Wildman–Crippen LogP) is 0.888. The highest BCUT2D eigenvalue weighted by Gasteiger charge is 2.27. The van der Waals surface area contributed by atoms with Gasteiger partial charge in [0.2, 0.25) is 5.91 Å². The van der Waals surface area contributed by atoms with Crippen LogP contribution >= 0.6 is 0 Å². The molecule has 1 N–H and O–H groups in total. The first-order valence-corrected chi connectivity index (χ1v) is 9.79. The van der Waals surface area contributed by atoms with Crippen LogP contribution in [0.3, 0.4) is 0 Å². The van der Waals surface area contributed by atoms with Crippen molar-refractivity contribution in [3.05, 3.63) is 56.2 Å². The van der Waals surface area contributed by atoms with Gasteiger partial charge in [-0.1, -0.05) is 0 Å². The molecule has 0 unspecified atom stereocenters. The number of piperidine rings is 1. The minimum atomic E-state index is -0.190. The summed E-state index contributed by atoms with van der Waals surface area (Å²) >= 11 is 0. The van der Waals surface area contributed by atoms with Gasteiger partial charge in [0, 0.05) is 37.6 Å². The van der Waals surface area contributed by atoms with Crippen LogP contribution in [0.2, 0.25) is 0 Å². The maximum Gasteiger partial charge on any atom is 0.230 e. The average Bonchev–Trinajstić information content (AvgIpc) is 3.54. The summed E-state index contributed by atoms with van der Waals surface area (Å²) in [5.74, 6) is 2.19. The van der Waals surface area contributed by atoms with Crippen LogP contribution in [0.4, 0.5) is 11.6 Å². The Labute approximate surface area is 177 Å². The highest BCUT2D eigenvalue weighted by atomic mass is 16.2. The van der Waals surface area contributed by atoms with Gasteiger partial charge in [0.1, 0.15) is 49.1 Å². The third-order valence-corrected chi connectivity index (χ3v) is 5.08. The molecule has 0 saturated carbocycles. The number of carbonyl (C=O) groups is 1. The number of carbonyl (C=O) groups excluding carboxylic acids is 1. The van der Waals surface area contributed by atoms with Gasteiger partial charge in [0.05, 0.1) is 5.92 Å². The second-order valence-corrected chi connectivity index (χ2v) is 7.08. The highest BCUT2D eigenvalue weighted by Crippen LogP contribution is 2.23. The van der Waals surface area contributed by atoms with Gasteiger partial charge in [-0.3, -0.25) is 9.36 Å². The molecule has 1 saturated heterocycles. The van der Waals surface area contributed by atoms with E-state index in [1.807, 2.05) is 16.8 Å². The third kappa shape index (κ3) is 4.08. The first kappa shape index (κ1) is 18.8. The van der Waals surface area contributed by atoms with E-state index < -0.39 is 0 Å². The lowest BCUT2D eigenvalue weighted by atomic mass is 9.97. The number of hydrogen-bond donors (Lipinski definition) is 1. The largest absolute Gasteiger partial charge is 0.356 e. The number of imidazole rings is 1. The Morgan fingerprint density at radius 3 is 2.68 bits per heavy atom. The molecule has 0 aliphatic carbocycles. The summed E-state index contributed by atoms with van der Waals surface area (Å²) in [6.07, 6.45) is 12.8. The van der Waals surface area contributed by atoms with Crippen molar-refractivity contribution in [1.82, 2.24) is 44.3 Å². The predicted molar refractivity (Wildman–Crippen MR) is 110 cm³/mol. The molecule has 0 radical (unpaired) electrons. The zero-order chi connectivity index (χ0) is 21.0. The van der Waals surface area contributed by atoms with Crippen LogP contribution in [-0.4, -0.2) is 63.2 Å². The summed E-state index contributed by atoms with van der Waals surface area (Å²) in [6, 6.07) is 3.56. The van der Waals surface area contributed by atoms with Crippen LogP contribution in [-0.2, 0) is 4.79 Å². The number of aromatic nitrogens is 9. The number of rotatable bonds is 5. The van der Waals surface area contributed by atoms with Crippen LogP contribution in [0.1, 0.15) is 12.8 Å². The van der Waals surface area contributed by atoms with E-state index >= 15 is 0 Å². The van der Waals surface area contributed by atoms with E-state index in [1.54, 1.807) is 18.6 Å². The van der Waals surface area contributed by atoms with Crippen molar-refractivity contribution in [3.8, 4) is 11.6 Å². The Bertz CT molecular complexity index is 1160. The molecular formula is C19H19N11O. The van der Waals surface area contributed by atoms with Crippen molar-refractivity contribution in [1.29, 1.82) is 0 Å². The lowest BCUT2D eigenvalue weighted by Crippen LogP contribution is -2.41. The van der Waals surface area contributed by atoms with E-state index in [-0.39, 0.29) is 11.8 Å². The van der Waals surface area contributed by atoms with Crippen LogP contribution in [0.5, 0.6) is 0 Å². The molecule has 4 aromatic heterocycles. The van der Waals surface area contributed by atoms with Crippen molar-refractivity contribution in [2.45, 2.75) is 12.8 Å². The summed E-state index contributed by atoms with van der Waals surface area (Å²) in [5.41, 5.74) is 0. The summed E-state index contributed by atoms with van der Waals surface area (Å²) in [4.78, 5) is 40.0. The molecule has 4 aromatic rings. The monoisotopic (exact) mass is 417 g/mol. The molecule has 0 aromatic carbocycles. The van der Waals surface area contributed by atoms with Gasteiger partial charge in [-0.2, -0.15) is 5.10 Å². The Kier molecular flexibility index (Phi) is 5.01. The lowest BCUT2D eigenvalue weighted by Gasteiger charge is -2.32. The second kappa shape index (κ2) is 8.26. The molecular weight excluding hydrogens is 398 g/mol. The van der Waals surface area contributed by atoms with Crippen molar-refractivity contribution in [2.75, 3.05) is 23.3 Å². The molecule has 12 heteroatoms. The normalized spacial score (nSPS) is 16.3. The fourth-order valence-corrected chi connectivity index (χ4v) is 3.54. The second-order valence-electron chi connectivity index (χ2n) is 7.08. The maximum absolute atomic E-state index is 12.9. The number of hydrogen-bond acceptors (Lipinski definition) is 9.